The quantitative estimate of drug-likeness (QED) is 0.399. The smallest absolute Gasteiger partial charge is 0.192 e. The first-order chi connectivity index (χ1) is 14.9. The lowest BCUT2D eigenvalue weighted by Gasteiger charge is -2.41. The summed E-state index contributed by atoms with van der Waals surface area (Å²) in [6.07, 6.45) is 3.56. The molecule has 0 aliphatic heterocycles. The van der Waals surface area contributed by atoms with Crippen LogP contribution in [0.25, 0.3) is 0 Å². The van der Waals surface area contributed by atoms with Crippen molar-refractivity contribution in [3.05, 3.63) is 71.6 Å². The fourth-order valence-electron chi connectivity index (χ4n) is 3.76. The molecule has 0 saturated heterocycles. The molecule has 3 nitrogen and oxygen atoms in total. The van der Waals surface area contributed by atoms with Crippen molar-refractivity contribution in [3.63, 3.8) is 0 Å². The van der Waals surface area contributed by atoms with Gasteiger partial charge in [0.15, 0.2) is 18.2 Å². The molecule has 1 aliphatic rings. The van der Waals surface area contributed by atoms with E-state index in [1.54, 1.807) is 36.0 Å². The van der Waals surface area contributed by atoms with Crippen molar-refractivity contribution in [1.82, 2.24) is 0 Å². The van der Waals surface area contributed by atoms with Crippen LogP contribution in [-0.2, 0) is 14.3 Å². The van der Waals surface area contributed by atoms with Gasteiger partial charge in [0.2, 0.25) is 0 Å². The summed E-state index contributed by atoms with van der Waals surface area (Å²) in [5.41, 5.74) is 0. The van der Waals surface area contributed by atoms with Crippen LogP contribution >= 0.6 is 11.8 Å². The van der Waals surface area contributed by atoms with E-state index < -0.39 is 23.4 Å². The summed E-state index contributed by atoms with van der Waals surface area (Å²) in [6, 6.07) is 19.0. The zero-order valence-electron chi connectivity index (χ0n) is 20.0. The molecule has 3 rings (SSSR count). The fraction of sp³-hybridized carbons (Fsp3) is 0.462. The molecule has 0 radical (unpaired) electrons. The zero-order valence-corrected chi connectivity index (χ0v) is 22.7. The Morgan fingerprint density at radius 3 is 2.09 bits per heavy atom. The average molecular weight is 489 g/mol. The van der Waals surface area contributed by atoms with Gasteiger partial charge in [-0.25, -0.2) is 8.42 Å². The van der Waals surface area contributed by atoms with Crippen molar-refractivity contribution in [2.75, 3.05) is 0 Å². The molecule has 2 aromatic carbocycles. The Hall–Kier alpha value is -1.34. The van der Waals surface area contributed by atoms with Gasteiger partial charge in [0, 0.05) is 16.9 Å². The van der Waals surface area contributed by atoms with Crippen molar-refractivity contribution < 1.29 is 12.8 Å². The molecule has 0 aromatic heterocycles. The van der Waals surface area contributed by atoms with Crippen molar-refractivity contribution >= 4 is 29.9 Å². The summed E-state index contributed by atoms with van der Waals surface area (Å²) in [4.78, 5) is 2.62. The van der Waals surface area contributed by atoms with Crippen LogP contribution in [0.4, 0.5) is 0 Å². The first kappa shape index (κ1) is 25.3. The molecule has 0 unspecified atom stereocenters. The van der Waals surface area contributed by atoms with Crippen LogP contribution in [0.2, 0.25) is 18.1 Å². The highest BCUT2D eigenvalue weighted by Gasteiger charge is 2.44. The number of rotatable bonds is 6. The summed E-state index contributed by atoms with van der Waals surface area (Å²) in [5.74, 6) is -0.136. The maximum Gasteiger partial charge on any atom is 0.192 e. The van der Waals surface area contributed by atoms with Crippen LogP contribution < -0.4 is 0 Å². The van der Waals surface area contributed by atoms with E-state index in [4.69, 9.17) is 4.43 Å². The second kappa shape index (κ2) is 9.88. The minimum absolute atomic E-state index is 0.0713. The van der Waals surface area contributed by atoms with E-state index >= 15 is 0 Å². The molecule has 6 heteroatoms. The van der Waals surface area contributed by atoms with Crippen LogP contribution in [0.3, 0.4) is 0 Å². The van der Waals surface area contributed by atoms with Gasteiger partial charge in [-0.3, -0.25) is 0 Å². The maximum atomic E-state index is 13.8. The summed E-state index contributed by atoms with van der Waals surface area (Å²) in [7, 11) is -5.58. The van der Waals surface area contributed by atoms with Gasteiger partial charge >= 0.3 is 0 Å². The Labute approximate surface area is 199 Å². The number of sulfone groups is 1. The van der Waals surface area contributed by atoms with E-state index in [1.807, 2.05) is 30.3 Å². The second-order valence-corrected chi connectivity index (χ2v) is 18.2. The number of thioether (sulfide) groups is 1. The molecule has 0 fully saturated rings. The molecular weight excluding hydrogens is 453 g/mol. The van der Waals surface area contributed by atoms with Gasteiger partial charge in [-0.2, -0.15) is 0 Å². The van der Waals surface area contributed by atoms with Crippen molar-refractivity contribution in [3.8, 4) is 0 Å². The third-order valence-electron chi connectivity index (χ3n) is 6.80. The van der Waals surface area contributed by atoms with E-state index in [0.717, 1.165) is 22.6 Å². The highest BCUT2D eigenvalue weighted by Crippen LogP contribution is 2.43. The first-order valence-electron chi connectivity index (χ1n) is 11.3. The van der Waals surface area contributed by atoms with Gasteiger partial charge in [0.25, 0.3) is 0 Å². The Kier molecular flexibility index (Phi) is 7.80. The van der Waals surface area contributed by atoms with Gasteiger partial charge in [0.05, 0.1) is 10.1 Å². The third-order valence-corrected chi connectivity index (χ3v) is 14.6. The van der Waals surface area contributed by atoms with Gasteiger partial charge in [0.1, 0.15) is 0 Å². The molecule has 32 heavy (non-hydrogen) atoms. The topological polar surface area (TPSA) is 43.4 Å². The van der Waals surface area contributed by atoms with Crippen LogP contribution in [0.5, 0.6) is 0 Å². The monoisotopic (exact) mass is 488 g/mol. The molecule has 0 N–H and O–H groups in total. The van der Waals surface area contributed by atoms with Crippen LogP contribution in [0, 0.1) is 5.92 Å². The SMILES string of the molecule is C[C@H]1[C@H](O[Si](C)(C)C(C)(C)C)CCC(Sc2ccccc2)=C[C@@H]1S(=O)(=O)c1ccccc1. The maximum absolute atomic E-state index is 13.8. The average Bonchev–Trinajstić information content (AvgIpc) is 2.88. The molecule has 0 spiro atoms. The summed E-state index contributed by atoms with van der Waals surface area (Å²) in [5, 5.41) is -0.546. The lowest BCUT2D eigenvalue weighted by atomic mass is 10.00. The molecule has 0 bridgehead atoms. The second-order valence-electron chi connectivity index (χ2n) is 10.2. The standard InChI is InChI=1S/C26H36O3S2Si/c1-20-24(29-32(5,6)26(2,3)4)18-17-22(30-21-13-9-7-10-14-21)19-25(20)31(27,28)23-15-11-8-12-16-23/h7-16,19-20,24-25H,17-18H2,1-6H3/t20-,24+,25-/m0/s1. The number of hydrogen-bond acceptors (Lipinski definition) is 4. The predicted molar refractivity (Wildman–Crippen MR) is 138 cm³/mol. The van der Waals surface area contributed by atoms with Gasteiger partial charge in [-0.05, 0) is 60.1 Å². The van der Waals surface area contributed by atoms with Crippen LogP contribution in [-0.4, -0.2) is 28.1 Å². The van der Waals surface area contributed by atoms with Crippen molar-refractivity contribution in [2.24, 2.45) is 5.92 Å². The van der Waals surface area contributed by atoms with E-state index in [1.165, 1.54) is 0 Å². The van der Waals surface area contributed by atoms with E-state index in [9.17, 15) is 8.42 Å². The first-order valence-corrected chi connectivity index (χ1v) is 16.6. The molecule has 3 atom stereocenters. The molecule has 0 amide bonds. The molecular formula is C26H36O3S2Si. The number of hydrogen-bond donors (Lipinski definition) is 0. The minimum atomic E-state index is -3.54. The van der Waals surface area contributed by atoms with Crippen LogP contribution in [0.15, 0.2) is 81.4 Å². The Morgan fingerprint density at radius 2 is 1.53 bits per heavy atom. The zero-order chi connectivity index (χ0) is 23.6. The minimum Gasteiger partial charge on any atom is -0.414 e. The lowest BCUT2D eigenvalue weighted by molar-refractivity contribution is 0.122. The van der Waals surface area contributed by atoms with E-state index in [0.29, 0.717) is 4.90 Å². The number of allylic oxidation sites excluding steroid dienone is 1. The summed E-state index contributed by atoms with van der Waals surface area (Å²) >= 11 is 1.67. The molecule has 0 saturated carbocycles. The van der Waals surface area contributed by atoms with E-state index in [-0.39, 0.29) is 17.1 Å². The largest absolute Gasteiger partial charge is 0.414 e. The summed E-state index contributed by atoms with van der Waals surface area (Å²) < 4.78 is 34.3. The Bertz CT molecular complexity index is 1030. The molecule has 2 aromatic rings. The van der Waals surface area contributed by atoms with Crippen molar-refractivity contribution in [2.45, 2.75) is 79.8 Å². The molecule has 1 aliphatic carbocycles. The van der Waals surface area contributed by atoms with Gasteiger partial charge < -0.3 is 4.43 Å². The fourth-order valence-corrected chi connectivity index (χ4v) is 8.26. The highest BCUT2D eigenvalue weighted by molar-refractivity contribution is 8.03. The van der Waals surface area contributed by atoms with Crippen molar-refractivity contribution in [1.29, 1.82) is 0 Å². The van der Waals surface area contributed by atoms with Crippen LogP contribution in [0.1, 0.15) is 40.5 Å². The normalized spacial score (nSPS) is 22.8. The number of benzene rings is 2. The Balaban J connectivity index is 1.99. The predicted octanol–water partition coefficient (Wildman–Crippen LogP) is 7.33. The van der Waals surface area contributed by atoms with Gasteiger partial charge in [-0.15, -0.1) is 0 Å². The lowest BCUT2D eigenvalue weighted by Crippen LogP contribution is -2.47. The van der Waals surface area contributed by atoms with Gasteiger partial charge in [-0.1, -0.05) is 81.9 Å². The molecule has 0 heterocycles. The summed E-state index contributed by atoms with van der Waals surface area (Å²) in [6.45, 7) is 13.2. The third kappa shape index (κ3) is 5.77. The Morgan fingerprint density at radius 1 is 0.969 bits per heavy atom. The van der Waals surface area contributed by atoms with E-state index in [2.05, 4.69) is 52.9 Å². The highest BCUT2D eigenvalue weighted by atomic mass is 32.2. The molecule has 174 valence electrons.